The number of aromatic nitrogens is 1. The number of alkyl halides is 2. The van der Waals surface area contributed by atoms with E-state index in [2.05, 4.69) is 38.1 Å². The highest BCUT2D eigenvalue weighted by atomic mass is 35.5. The standard InChI is InChI=1S/C28H27ClF2N4O2S/c29-18-11-21(24(25(30)31)32-12-18)26(36)33-19-7-5-17(6-8-19)13-35-23-4-2-1-3-22(23)28(27(35)37)15-34(16-28)20-9-10-38-14-20/h1-4,9-12,14,17,19,25H,5-8,13,15-16H2,(H,33,36). The number of pyridine rings is 1. The quantitative estimate of drug-likeness (QED) is 0.415. The van der Waals surface area contributed by atoms with Crippen LogP contribution >= 0.6 is 22.9 Å². The SMILES string of the molecule is O=C(NC1CCC(CN2C(=O)C3(CN(c4ccsc4)C3)c3ccccc32)CC1)c1cc(Cl)cnc1C(F)F. The maximum Gasteiger partial charge on any atom is 0.281 e. The fourth-order valence-corrected chi connectivity index (χ4v) is 6.95. The van der Waals surface area contributed by atoms with Gasteiger partial charge in [-0.25, -0.2) is 8.78 Å². The zero-order chi connectivity index (χ0) is 26.4. The van der Waals surface area contributed by atoms with Gasteiger partial charge in [0.05, 0.1) is 10.6 Å². The first-order valence-electron chi connectivity index (χ1n) is 12.8. The number of amides is 2. The molecule has 0 unspecified atom stereocenters. The van der Waals surface area contributed by atoms with Gasteiger partial charge in [-0.05, 0) is 60.7 Å². The third kappa shape index (κ3) is 4.35. The molecule has 6 rings (SSSR count). The highest BCUT2D eigenvalue weighted by molar-refractivity contribution is 7.08. The van der Waals surface area contributed by atoms with E-state index in [1.165, 1.54) is 11.8 Å². The van der Waals surface area contributed by atoms with Gasteiger partial charge in [-0.15, -0.1) is 0 Å². The molecule has 0 radical (unpaired) electrons. The predicted molar refractivity (Wildman–Crippen MR) is 144 cm³/mol. The number of para-hydroxylation sites is 1. The Labute approximate surface area is 228 Å². The second-order valence-electron chi connectivity index (χ2n) is 10.4. The molecule has 1 aromatic carbocycles. The largest absolute Gasteiger partial charge is 0.368 e. The number of halogens is 3. The summed E-state index contributed by atoms with van der Waals surface area (Å²) in [5.74, 6) is -0.106. The summed E-state index contributed by atoms with van der Waals surface area (Å²) >= 11 is 7.56. The number of hydrogen-bond donors (Lipinski definition) is 1. The lowest BCUT2D eigenvalue weighted by Crippen LogP contribution is -2.64. The van der Waals surface area contributed by atoms with Gasteiger partial charge >= 0.3 is 0 Å². The maximum atomic E-state index is 13.8. The van der Waals surface area contributed by atoms with Crippen molar-refractivity contribution in [2.75, 3.05) is 29.4 Å². The van der Waals surface area contributed by atoms with Crippen molar-refractivity contribution < 1.29 is 18.4 Å². The van der Waals surface area contributed by atoms with Gasteiger partial charge in [0.25, 0.3) is 12.3 Å². The lowest BCUT2D eigenvalue weighted by atomic mass is 9.74. The smallest absolute Gasteiger partial charge is 0.281 e. The Morgan fingerprint density at radius 3 is 2.66 bits per heavy atom. The number of benzene rings is 1. The Balaban J connectivity index is 1.09. The first kappa shape index (κ1) is 25.2. The molecule has 0 bridgehead atoms. The molecule has 38 heavy (non-hydrogen) atoms. The second kappa shape index (κ2) is 9.93. The van der Waals surface area contributed by atoms with E-state index < -0.39 is 23.4 Å². The van der Waals surface area contributed by atoms with E-state index in [0.29, 0.717) is 25.6 Å². The van der Waals surface area contributed by atoms with Crippen LogP contribution in [0.4, 0.5) is 20.2 Å². The molecule has 10 heteroatoms. The molecule has 3 aromatic rings. The average Bonchev–Trinajstić information content (AvgIpc) is 3.49. The molecule has 2 amide bonds. The Morgan fingerprint density at radius 1 is 1.18 bits per heavy atom. The normalized spacial score (nSPS) is 22.1. The molecule has 2 fully saturated rings. The van der Waals surface area contributed by atoms with Crippen molar-refractivity contribution in [3.05, 3.63) is 75.2 Å². The van der Waals surface area contributed by atoms with Crippen molar-refractivity contribution in [1.29, 1.82) is 0 Å². The van der Waals surface area contributed by atoms with Gasteiger partial charge in [0.2, 0.25) is 5.91 Å². The number of anilines is 2. The third-order valence-electron chi connectivity index (χ3n) is 8.12. The molecule has 4 heterocycles. The number of nitrogens with zero attached hydrogens (tertiary/aromatic N) is 3. The summed E-state index contributed by atoms with van der Waals surface area (Å²) in [5.41, 5.74) is 2.05. The summed E-state index contributed by atoms with van der Waals surface area (Å²) in [4.78, 5) is 34.4. The van der Waals surface area contributed by atoms with Crippen LogP contribution in [0, 0.1) is 5.92 Å². The van der Waals surface area contributed by atoms with Crippen LogP contribution in [0.25, 0.3) is 0 Å². The molecule has 1 spiro atoms. The van der Waals surface area contributed by atoms with Crippen LogP contribution in [0.1, 0.15) is 53.7 Å². The fraction of sp³-hybridized carbons (Fsp3) is 0.393. The first-order chi connectivity index (χ1) is 18.4. The topological polar surface area (TPSA) is 65.5 Å². The zero-order valence-corrected chi connectivity index (χ0v) is 22.2. The lowest BCUT2D eigenvalue weighted by molar-refractivity contribution is -0.124. The van der Waals surface area contributed by atoms with Crippen molar-refractivity contribution in [3.8, 4) is 0 Å². The molecule has 6 nitrogen and oxygen atoms in total. The monoisotopic (exact) mass is 556 g/mol. The molecule has 1 saturated carbocycles. The van der Waals surface area contributed by atoms with Gasteiger partial charge in [0.1, 0.15) is 11.1 Å². The molecule has 3 aliphatic rings. The highest BCUT2D eigenvalue weighted by Gasteiger charge is 2.58. The molecule has 1 aliphatic carbocycles. The van der Waals surface area contributed by atoms with Crippen LogP contribution in [-0.4, -0.2) is 42.5 Å². The molecule has 198 valence electrons. The molecule has 1 N–H and O–H groups in total. The molecule has 1 saturated heterocycles. The van der Waals surface area contributed by atoms with Gasteiger partial charge < -0.3 is 15.1 Å². The number of rotatable bonds is 6. The number of carbonyl (C=O) groups excluding carboxylic acids is 2. The van der Waals surface area contributed by atoms with Gasteiger partial charge in [-0.3, -0.25) is 14.6 Å². The van der Waals surface area contributed by atoms with Crippen molar-refractivity contribution in [1.82, 2.24) is 10.3 Å². The first-order valence-corrected chi connectivity index (χ1v) is 14.1. The van der Waals surface area contributed by atoms with E-state index in [-0.39, 0.29) is 22.5 Å². The summed E-state index contributed by atoms with van der Waals surface area (Å²) in [6.07, 6.45) is 1.36. The summed E-state index contributed by atoms with van der Waals surface area (Å²) in [6.45, 7) is 2.02. The predicted octanol–water partition coefficient (Wildman–Crippen LogP) is 5.83. The second-order valence-corrected chi connectivity index (χ2v) is 11.6. The van der Waals surface area contributed by atoms with Crippen LogP contribution in [0.3, 0.4) is 0 Å². The fourth-order valence-electron chi connectivity index (χ4n) is 6.12. The molecule has 0 atom stereocenters. The Bertz CT molecular complexity index is 1350. The van der Waals surface area contributed by atoms with Gasteiger partial charge in [-0.1, -0.05) is 29.8 Å². The van der Waals surface area contributed by atoms with E-state index in [4.69, 9.17) is 11.6 Å². The van der Waals surface area contributed by atoms with Crippen LogP contribution in [0.2, 0.25) is 5.02 Å². The van der Waals surface area contributed by atoms with Crippen LogP contribution in [-0.2, 0) is 10.2 Å². The number of hydrogen-bond acceptors (Lipinski definition) is 5. The Hall–Kier alpha value is -3.04. The van der Waals surface area contributed by atoms with Crippen molar-refractivity contribution in [3.63, 3.8) is 0 Å². The van der Waals surface area contributed by atoms with Gasteiger partial charge in [0.15, 0.2) is 0 Å². The Kier molecular flexibility index (Phi) is 6.60. The molecule has 2 aromatic heterocycles. The van der Waals surface area contributed by atoms with Crippen LogP contribution in [0.5, 0.6) is 0 Å². The summed E-state index contributed by atoms with van der Waals surface area (Å²) < 4.78 is 26.7. The van der Waals surface area contributed by atoms with E-state index >= 15 is 0 Å². The van der Waals surface area contributed by atoms with E-state index in [1.807, 2.05) is 23.1 Å². The van der Waals surface area contributed by atoms with E-state index in [9.17, 15) is 18.4 Å². The number of carbonyl (C=O) groups is 2. The number of thiophene rings is 1. The van der Waals surface area contributed by atoms with Gasteiger partial charge in [0, 0.05) is 48.6 Å². The van der Waals surface area contributed by atoms with Crippen LogP contribution < -0.4 is 15.1 Å². The maximum absolute atomic E-state index is 13.8. The minimum absolute atomic E-state index is 0.123. The minimum atomic E-state index is -2.86. The molecular weight excluding hydrogens is 530 g/mol. The van der Waals surface area contributed by atoms with Crippen molar-refractivity contribution in [2.45, 2.75) is 43.6 Å². The molecular formula is C28H27ClF2N4O2S. The van der Waals surface area contributed by atoms with Crippen molar-refractivity contribution in [2.24, 2.45) is 5.92 Å². The van der Waals surface area contributed by atoms with Gasteiger partial charge in [-0.2, -0.15) is 11.3 Å². The summed E-state index contributed by atoms with van der Waals surface area (Å²) in [6, 6.07) is 11.3. The summed E-state index contributed by atoms with van der Waals surface area (Å²) in [7, 11) is 0. The average molecular weight is 557 g/mol. The third-order valence-corrected chi connectivity index (χ3v) is 8.99. The van der Waals surface area contributed by atoms with Crippen molar-refractivity contribution >= 4 is 46.1 Å². The number of nitrogens with one attached hydrogen (secondary N) is 1. The van der Waals surface area contributed by atoms with E-state index in [1.54, 1.807) is 11.3 Å². The summed E-state index contributed by atoms with van der Waals surface area (Å²) in [5, 5.41) is 7.20. The lowest BCUT2D eigenvalue weighted by Gasteiger charge is -2.48. The van der Waals surface area contributed by atoms with Crippen LogP contribution in [0.15, 0.2) is 53.4 Å². The minimum Gasteiger partial charge on any atom is -0.368 e. The highest BCUT2D eigenvalue weighted by Crippen LogP contribution is 2.49. The number of fused-ring (bicyclic) bond motifs is 2. The zero-order valence-electron chi connectivity index (χ0n) is 20.6. The molecule has 2 aliphatic heterocycles. The van der Waals surface area contributed by atoms with E-state index in [0.717, 1.165) is 43.1 Å². The Morgan fingerprint density at radius 2 is 1.95 bits per heavy atom.